The Morgan fingerprint density at radius 3 is 2.57 bits per heavy atom. The molecular formula is C18H29ClO2. The first kappa shape index (κ1) is 18.5. The smallest absolute Gasteiger partial charge is 0.137 e. The predicted octanol–water partition coefficient (Wildman–Crippen LogP) is 4.04. The van der Waals surface area contributed by atoms with Gasteiger partial charge in [0, 0.05) is 24.6 Å². The van der Waals surface area contributed by atoms with Gasteiger partial charge in [-0.3, -0.25) is 4.79 Å². The van der Waals surface area contributed by atoms with Crippen molar-refractivity contribution in [2.45, 2.75) is 58.8 Å². The summed E-state index contributed by atoms with van der Waals surface area (Å²) in [6.07, 6.45) is 7.21. The third-order valence-electron chi connectivity index (χ3n) is 4.64. The van der Waals surface area contributed by atoms with Crippen molar-refractivity contribution in [2.24, 2.45) is 23.7 Å². The Hall–Kier alpha value is -0.520. The van der Waals surface area contributed by atoms with Crippen LogP contribution in [0.25, 0.3) is 0 Å². The minimum absolute atomic E-state index is 0.0805. The number of halogens is 1. The fraction of sp³-hybridized carbons (Fsp3) is 0.833. The number of alkyl halides is 1. The highest BCUT2D eigenvalue weighted by molar-refractivity contribution is 6.17. The number of hydrogen-bond acceptors (Lipinski definition) is 2. The average Bonchev–Trinajstić information content (AvgIpc) is 2.75. The van der Waals surface area contributed by atoms with Crippen LogP contribution < -0.4 is 0 Å². The normalized spacial score (nSPS) is 25.2. The van der Waals surface area contributed by atoms with Crippen LogP contribution in [0.15, 0.2) is 0 Å². The number of aliphatic hydroxyl groups excluding tert-OH is 1. The quantitative estimate of drug-likeness (QED) is 0.417. The van der Waals surface area contributed by atoms with Crippen LogP contribution in [0, 0.1) is 35.5 Å². The maximum Gasteiger partial charge on any atom is 0.137 e. The van der Waals surface area contributed by atoms with Gasteiger partial charge in [0.05, 0.1) is 0 Å². The zero-order chi connectivity index (χ0) is 15.7. The number of aliphatic hydroxyl groups is 1. The second-order valence-electron chi connectivity index (χ2n) is 6.47. The lowest BCUT2D eigenvalue weighted by Gasteiger charge is -2.26. The lowest BCUT2D eigenvalue weighted by atomic mass is 9.77. The van der Waals surface area contributed by atoms with E-state index in [4.69, 9.17) is 16.7 Å². The SMILES string of the molecule is CC(C)[C@@H]1[C@@H](CCCCCCCl)CC(=O)[C@H]1CC#CCO. The molecule has 21 heavy (non-hydrogen) atoms. The molecule has 1 aliphatic carbocycles. The monoisotopic (exact) mass is 312 g/mol. The summed E-state index contributed by atoms with van der Waals surface area (Å²) in [6, 6.07) is 0. The molecule has 0 spiro atoms. The molecule has 0 aromatic heterocycles. The Balaban J connectivity index is 2.53. The average molecular weight is 313 g/mol. The lowest BCUT2D eigenvalue weighted by molar-refractivity contribution is -0.121. The van der Waals surface area contributed by atoms with Crippen LogP contribution in [0.2, 0.25) is 0 Å². The molecule has 0 amide bonds. The molecule has 0 bridgehead atoms. The Bertz CT molecular complexity index is 367. The molecule has 1 aliphatic rings. The summed E-state index contributed by atoms with van der Waals surface area (Å²) in [4.78, 5) is 12.3. The van der Waals surface area contributed by atoms with E-state index in [0.29, 0.717) is 30.0 Å². The van der Waals surface area contributed by atoms with Gasteiger partial charge in [0.2, 0.25) is 0 Å². The predicted molar refractivity (Wildman–Crippen MR) is 88.2 cm³/mol. The van der Waals surface area contributed by atoms with Crippen LogP contribution in [0.4, 0.5) is 0 Å². The second kappa shape index (κ2) is 10.2. The zero-order valence-corrected chi connectivity index (χ0v) is 14.2. The fourth-order valence-corrected chi connectivity index (χ4v) is 3.92. The number of unbranched alkanes of at least 4 members (excludes halogenated alkanes) is 3. The van der Waals surface area contributed by atoms with E-state index < -0.39 is 0 Å². The Morgan fingerprint density at radius 1 is 1.24 bits per heavy atom. The minimum Gasteiger partial charge on any atom is -0.384 e. The number of carbonyl (C=O) groups is 1. The van der Waals surface area contributed by atoms with Crippen molar-refractivity contribution in [2.75, 3.05) is 12.5 Å². The van der Waals surface area contributed by atoms with E-state index in [0.717, 1.165) is 25.1 Å². The largest absolute Gasteiger partial charge is 0.384 e. The molecule has 0 aromatic rings. The van der Waals surface area contributed by atoms with Gasteiger partial charge in [0.25, 0.3) is 0 Å². The van der Waals surface area contributed by atoms with Gasteiger partial charge in [-0.2, -0.15) is 0 Å². The fourth-order valence-electron chi connectivity index (χ4n) is 3.74. The van der Waals surface area contributed by atoms with Gasteiger partial charge in [-0.25, -0.2) is 0 Å². The minimum atomic E-state index is -0.114. The van der Waals surface area contributed by atoms with Crippen LogP contribution in [-0.2, 0) is 4.79 Å². The highest BCUT2D eigenvalue weighted by Gasteiger charge is 2.42. The first-order chi connectivity index (χ1) is 10.1. The van der Waals surface area contributed by atoms with E-state index in [1.807, 2.05) is 0 Å². The number of rotatable bonds is 8. The molecule has 3 atom stereocenters. The molecule has 0 heterocycles. The van der Waals surface area contributed by atoms with Gasteiger partial charge in [0.1, 0.15) is 12.4 Å². The summed E-state index contributed by atoms with van der Waals surface area (Å²) in [7, 11) is 0. The topological polar surface area (TPSA) is 37.3 Å². The van der Waals surface area contributed by atoms with Gasteiger partial charge < -0.3 is 5.11 Å². The van der Waals surface area contributed by atoms with Crippen LogP contribution >= 0.6 is 11.6 Å². The number of ketones is 1. The summed E-state index contributed by atoms with van der Waals surface area (Å²) < 4.78 is 0. The number of hydrogen-bond donors (Lipinski definition) is 1. The molecule has 2 nitrogen and oxygen atoms in total. The van der Waals surface area contributed by atoms with Crippen molar-refractivity contribution in [1.82, 2.24) is 0 Å². The maximum atomic E-state index is 12.3. The lowest BCUT2D eigenvalue weighted by Crippen LogP contribution is -2.23. The molecule has 0 radical (unpaired) electrons. The Kier molecular flexibility index (Phi) is 9.04. The van der Waals surface area contributed by atoms with Crippen molar-refractivity contribution in [3.8, 4) is 11.8 Å². The van der Waals surface area contributed by atoms with Crippen molar-refractivity contribution in [1.29, 1.82) is 0 Å². The van der Waals surface area contributed by atoms with E-state index in [-0.39, 0.29) is 12.5 Å². The highest BCUT2D eigenvalue weighted by Crippen LogP contribution is 2.43. The third kappa shape index (κ3) is 6.01. The van der Waals surface area contributed by atoms with Crippen molar-refractivity contribution >= 4 is 17.4 Å². The van der Waals surface area contributed by atoms with E-state index in [2.05, 4.69) is 25.7 Å². The molecule has 0 aromatic carbocycles. The molecular weight excluding hydrogens is 284 g/mol. The molecule has 1 N–H and O–H groups in total. The maximum absolute atomic E-state index is 12.3. The second-order valence-corrected chi connectivity index (χ2v) is 6.84. The van der Waals surface area contributed by atoms with Crippen molar-refractivity contribution in [3.63, 3.8) is 0 Å². The molecule has 1 fully saturated rings. The van der Waals surface area contributed by atoms with E-state index in [1.54, 1.807) is 0 Å². The zero-order valence-electron chi connectivity index (χ0n) is 13.4. The summed E-state index contributed by atoms with van der Waals surface area (Å²) in [6.45, 7) is 4.32. The highest BCUT2D eigenvalue weighted by atomic mass is 35.5. The molecule has 0 aliphatic heterocycles. The van der Waals surface area contributed by atoms with Gasteiger partial charge in [-0.1, -0.05) is 39.0 Å². The Morgan fingerprint density at radius 2 is 1.95 bits per heavy atom. The van der Waals surface area contributed by atoms with Crippen LogP contribution in [0.1, 0.15) is 58.8 Å². The van der Waals surface area contributed by atoms with Crippen LogP contribution in [-0.4, -0.2) is 23.4 Å². The van der Waals surface area contributed by atoms with Gasteiger partial charge in [-0.15, -0.1) is 17.5 Å². The Labute approximate surface area is 134 Å². The van der Waals surface area contributed by atoms with Gasteiger partial charge in [-0.05, 0) is 30.6 Å². The van der Waals surface area contributed by atoms with E-state index in [9.17, 15) is 4.79 Å². The number of carbonyl (C=O) groups excluding carboxylic acids is 1. The van der Waals surface area contributed by atoms with Gasteiger partial charge >= 0.3 is 0 Å². The van der Waals surface area contributed by atoms with Crippen LogP contribution in [0.5, 0.6) is 0 Å². The van der Waals surface area contributed by atoms with Gasteiger partial charge in [0.15, 0.2) is 0 Å². The molecule has 3 heteroatoms. The standard InChI is InChI=1S/C18H29ClO2/c1-14(2)18-15(9-5-3-4-7-11-19)13-17(21)16(18)10-6-8-12-20/h14-16,18,20H,3-5,7,9-13H2,1-2H3/t15-,16+,18+/m0/s1. The summed E-state index contributed by atoms with van der Waals surface area (Å²) in [5.74, 6) is 8.35. The summed E-state index contributed by atoms with van der Waals surface area (Å²) in [5, 5.41) is 8.75. The first-order valence-corrected chi connectivity index (χ1v) is 8.80. The van der Waals surface area contributed by atoms with Crippen molar-refractivity contribution in [3.05, 3.63) is 0 Å². The third-order valence-corrected chi connectivity index (χ3v) is 4.91. The van der Waals surface area contributed by atoms with Crippen molar-refractivity contribution < 1.29 is 9.90 Å². The molecule has 1 saturated carbocycles. The van der Waals surface area contributed by atoms with E-state index in [1.165, 1.54) is 19.3 Å². The summed E-state index contributed by atoms with van der Waals surface area (Å²) in [5.41, 5.74) is 0. The number of Topliss-reactive ketones (excluding diaryl/α,β-unsaturated/α-hetero) is 1. The van der Waals surface area contributed by atoms with E-state index >= 15 is 0 Å². The molecule has 120 valence electrons. The first-order valence-electron chi connectivity index (χ1n) is 8.27. The van der Waals surface area contributed by atoms with Crippen LogP contribution in [0.3, 0.4) is 0 Å². The molecule has 1 rings (SSSR count). The molecule has 0 saturated heterocycles. The summed E-state index contributed by atoms with van der Waals surface area (Å²) >= 11 is 5.70. The molecule has 0 unspecified atom stereocenters.